The number of hydrazone groups is 1. The molecule has 0 aromatic carbocycles. The van der Waals surface area contributed by atoms with Crippen molar-refractivity contribution in [3.8, 4) is 22.4 Å². The van der Waals surface area contributed by atoms with E-state index in [4.69, 9.17) is 4.42 Å². The highest BCUT2D eigenvalue weighted by molar-refractivity contribution is 6.13. The summed E-state index contributed by atoms with van der Waals surface area (Å²) in [6, 6.07) is 3.61. The van der Waals surface area contributed by atoms with Crippen LogP contribution in [0.2, 0.25) is 0 Å². The predicted molar refractivity (Wildman–Crippen MR) is 109 cm³/mol. The van der Waals surface area contributed by atoms with E-state index >= 15 is 4.39 Å². The number of furan rings is 1. The minimum absolute atomic E-state index is 0.289. The molecule has 1 aliphatic rings. The normalized spacial score (nSPS) is 13.0. The van der Waals surface area contributed by atoms with Gasteiger partial charge < -0.3 is 14.8 Å². The van der Waals surface area contributed by atoms with Crippen molar-refractivity contribution in [1.82, 2.24) is 35.3 Å². The lowest BCUT2D eigenvalue weighted by Crippen LogP contribution is -2.25. The molecule has 31 heavy (non-hydrogen) atoms. The molecule has 0 saturated heterocycles. The Hall–Kier alpha value is -4.47. The van der Waals surface area contributed by atoms with E-state index in [0.717, 1.165) is 11.1 Å². The number of nitrogens with one attached hydrogen (secondary N) is 2. The first-order chi connectivity index (χ1) is 15.3. The lowest BCUT2D eigenvalue weighted by Gasteiger charge is -2.18. The van der Waals surface area contributed by atoms with Crippen LogP contribution in [0, 0.1) is 5.82 Å². The summed E-state index contributed by atoms with van der Waals surface area (Å²) in [4.78, 5) is 24.7. The van der Waals surface area contributed by atoms with Crippen molar-refractivity contribution in [1.29, 1.82) is 0 Å². The van der Waals surface area contributed by atoms with Crippen molar-refractivity contribution in [3.05, 3.63) is 78.7 Å². The molecule has 0 unspecified atom stereocenters. The second-order valence-electron chi connectivity index (χ2n) is 6.88. The maximum Gasteiger partial charge on any atom is 0.159 e. The lowest BCUT2D eigenvalue weighted by molar-refractivity contribution is 0.568. The number of hydrogen-bond donors (Lipinski definition) is 2. The summed E-state index contributed by atoms with van der Waals surface area (Å²) in [6.45, 7) is 0.309. The van der Waals surface area contributed by atoms with E-state index in [9.17, 15) is 0 Å². The van der Waals surface area contributed by atoms with E-state index in [2.05, 4.69) is 40.4 Å². The van der Waals surface area contributed by atoms with Crippen LogP contribution in [-0.4, -0.2) is 35.6 Å². The molecule has 6 heterocycles. The first-order valence-corrected chi connectivity index (χ1v) is 9.41. The Balaban J connectivity index is 1.52. The molecule has 0 fully saturated rings. The number of halogens is 1. The van der Waals surface area contributed by atoms with Gasteiger partial charge in [0.25, 0.3) is 0 Å². The highest BCUT2D eigenvalue weighted by atomic mass is 19.1. The fourth-order valence-electron chi connectivity index (χ4n) is 3.62. The minimum atomic E-state index is -0.450. The van der Waals surface area contributed by atoms with Gasteiger partial charge in [-0.2, -0.15) is 5.10 Å². The highest BCUT2D eigenvalue weighted by Crippen LogP contribution is 2.30. The number of rotatable bonds is 3. The van der Waals surface area contributed by atoms with Crippen molar-refractivity contribution >= 4 is 16.7 Å². The summed E-state index contributed by atoms with van der Waals surface area (Å²) < 4.78 is 20.8. The summed E-state index contributed by atoms with van der Waals surface area (Å²) in [6.07, 6.45) is 10.8. The van der Waals surface area contributed by atoms with Gasteiger partial charge in [0.05, 0.1) is 35.8 Å². The van der Waals surface area contributed by atoms with Gasteiger partial charge in [-0.25, -0.2) is 19.3 Å². The maximum atomic E-state index is 15.7. The zero-order valence-electron chi connectivity index (χ0n) is 15.9. The number of hydrogen-bond acceptors (Lipinski definition) is 8. The van der Waals surface area contributed by atoms with Crippen LogP contribution in [0.5, 0.6) is 0 Å². The zero-order valence-corrected chi connectivity index (χ0v) is 15.9. The first kappa shape index (κ1) is 17.4. The average molecular weight is 412 g/mol. The van der Waals surface area contributed by atoms with Crippen molar-refractivity contribution < 1.29 is 8.81 Å². The molecule has 2 N–H and O–H groups in total. The summed E-state index contributed by atoms with van der Waals surface area (Å²) in [7, 11) is 0. The van der Waals surface area contributed by atoms with Crippen LogP contribution in [0.3, 0.4) is 0 Å². The molecule has 150 valence electrons. The fourth-order valence-corrected chi connectivity index (χ4v) is 3.62. The zero-order chi connectivity index (χ0) is 20.8. The van der Waals surface area contributed by atoms with Crippen molar-refractivity contribution in [2.45, 2.75) is 6.54 Å². The number of aromatic nitrogens is 6. The van der Waals surface area contributed by atoms with Gasteiger partial charge in [0.15, 0.2) is 5.82 Å². The van der Waals surface area contributed by atoms with Crippen LogP contribution in [0.1, 0.15) is 17.1 Å². The van der Waals surface area contributed by atoms with E-state index in [1.807, 2.05) is 6.07 Å². The molecular weight excluding hydrogens is 399 g/mol. The Labute approximate surface area is 174 Å². The van der Waals surface area contributed by atoms with Gasteiger partial charge in [0.1, 0.15) is 29.1 Å². The van der Waals surface area contributed by atoms with E-state index < -0.39 is 5.82 Å². The molecule has 6 rings (SSSR count). The second-order valence-corrected chi connectivity index (χ2v) is 6.88. The van der Waals surface area contributed by atoms with Gasteiger partial charge in [-0.05, 0) is 12.1 Å². The van der Waals surface area contributed by atoms with Crippen LogP contribution < -0.4 is 5.43 Å². The molecule has 5 aromatic heterocycles. The quantitative estimate of drug-likeness (QED) is 0.468. The molecule has 9 nitrogen and oxygen atoms in total. The van der Waals surface area contributed by atoms with Gasteiger partial charge in [0.2, 0.25) is 0 Å². The molecule has 1 aliphatic heterocycles. The van der Waals surface area contributed by atoms with Gasteiger partial charge in [0, 0.05) is 41.5 Å². The summed E-state index contributed by atoms with van der Waals surface area (Å²) in [5.74, 6) is -0.0444. The topological polar surface area (TPSA) is 118 Å². The third kappa shape index (κ3) is 2.76. The number of H-pyrrole nitrogens is 1. The molecule has 0 saturated carbocycles. The lowest BCUT2D eigenvalue weighted by atomic mass is 10.0. The molecule has 5 aromatic rings. The van der Waals surface area contributed by atoms with Gasteiger partial charge >= 0.3 is 0 Å². The van der Waals surface area contributed by atoms with Crippen molar-refractivity contribution in [3.63, 3.8) is 0 Å². The summed E-state index contributed by atoms with van der Waals surface area (Å²) >= 11 is 0. The third-order valence-electron chi connectivity index (χ3n) is 5.06. The Morgan fingerprint density at radius 1 is 1.03 bits per heavy atom. The third-order valence-corrected chi connectivity index (χ3v) is 5.06. The minimum Gasteiger partial charge on any atom is -0.472 e. The molecule has 0 atom stereocenters. The van der Waals surface area contributed by atoms with E-state index in [0.29, 0.717) is 46.1 Å². The van der Waals surface area contributed by atoms with Crippen LogP contribution in [0.4, 0.5) is 4.39 Å². The number of imidazole rings is 1. The van der Waals surface area contributed by atoms with E-state index in [1.54, 1.807) is 37.2 Å². The van der Waals surface area contributed by atoms with Crippen LogP contribution in [0.15, 0.2) is 65.3 Å². The Kier molecular flexibility index (Phi) is 3.82. The molecule has 0 bridgehead atoms. The van der Waals surface area contributed by atoms with Crippen molar-refractivity contribution in [2.75, 3.05) is 0 Å². The standard InChI is InChI=1S/C21H13FN8O/c22-17-13(12-5-23-10-24-6-12)7-26-15-8-27-30-20(16(15)17)21-28-14-1-3-25-18(19(14)29-21)11-2-4-31-9-11/h1-7,9-10,27H,8H2,(H,28,29). The number of fused-ring (bicyclic) bond motifs is 2. The predicted octanol–water partition coefficient (Wildman–Crippen LogP) is 3.06. The Morgan fingerprint density at radius 2 is 1.94 bits per heavy atom. The average Bonchev–Trinajstić information content (AvgIpc) is 3.49. The highest BCUT2D eigenvalue weighted by Gasteiger charge is 2.27. The SMILES string of the molecule is Fc1c(-c2cncnc2)cnc2c1C(c1nc3c(-c4ccoc4)nccc3[nH]1)=NNC2. The van der Waals surface area contributed by atoms with Gasteiger partial charge in [-0.1, -0.05) is 0 Å². The molecule has 0 amide bonds. The number of aromatic amines is 1. The van der Waals surface area contributed by atoms with E-state index in [-0.39, 0.29) is 5.56 Å². The Bertz CT molecular complexity index is 1440. The van der Waals surface area contributed by atoms with Crippen LogP contribution in [0.25, 0.3) is 33.4 Å². The molecule has 0 radical (unpaired) electrons. The smallest absolute Gasteiger partial charge is 0.159 e. The largest absolute Gasteiger partial charge is 0.472 e. The Morgan fingerprint density at radius 3 is 2.77 bits per heavy atom. The molecule has 10 heteroatoms. The van der Waals surface area contributed by atoms with Crippen molar-refractivity contribution in [2.24, 2.45) is 5.10 Å². The van der Waals surface area contributed by atoms with Crippen LogP contribution in [-0.2, 0) is 6.54 Å². The fraction of sp³-hybridized carbons (Fsp3) is 0.0476. The van der Waals surface area contributed by atoms with E-state index in [1.165, 1.54) is 12.5 Å². The van der Waals surface area contributed by atoms with Gasteiger partial charge in [-0.3, -0.25) is 9.97 Å². The maximum absolute atomic E-state index is 15.7. The number of pyridine rings is 2. The second kappa shape index (κ2) is 6.80. The molecule has 0 aliphatic carbocycles. The van der Waals surface area contributed by atoms with Crippen LogP contribution >= 0.6 is 0 Å². The molecular formula is C21H13FN8O. The number of nitrogens with zero attached hydrogens (tertiary/aromatic N) is 6. The summed E-state index contributed by atoms with van der Waals surface area (Å²) in [5, 5.41) is 4.35. The van der Waals surface area contributed by atoms with Gasteiger partial charge in [-0.15, -0.1) is 0 Å². The summed E-state index contributed by atoms with van der Waals surface area (Å²) in [5.41, 5.74) is 7.73. The molecule has 0 spiro atoms. The monoisotopic (exact) mass is 412 g/mol. The first-order valence-electron chi connectivity index (χ1n) is 9.41.